The molecule has 0 spiro atoms. The van der Waals surface area contributed by atoms with Crippen molar-refractivity contribution >= 4 is 17.6 Å². The number of aryl methyl sites for hydroxylation is 2. The molecule has 1 aromatic carbocycles. The highest BCUT2D eigenvalue weighted by atomic mass is 16.5. The maximum Gasteiger partial charge on any atom is 0.229 e. The zero-order chi connectivity index (χ0) is 16.8. The molecule has 6 nitrogen and oxygen atoms in total. The van der Waals surface area contributed by atoms with Gasteiger partial charge in [0.05, 0.1) is 7.11 Å². The van der Waals surface area contributed by atoms with Gasteiger partial charge in [-0.2, -0.15) is 0 Å². The van der Waals surface area contributed by atoms with E-state index >= 15 is 0 Å². The third-order valence-corrected chi connectivity index (χ3v) is 3.22. The fourth-order valence-corrected chi connectivity index (χ4v) is 2.12. The molecule has 0 saturated heterocycles. The van der Waals surface area contributed by atoms with Crippen molar-refractivity contribution in [2.24, 2.45) is 0 Å². The van der Waals surface area contributed by atoms with Crippen molar-refractivity contribution in [1.29, 1.82) is 0 Å². The highest BCUT2D eigenvalue weighted by Gasteiger charge is 2.11. The second kappa shape index (κ2) is 7.49. The molecule has 1 aromatic heterocycles. The van der Waals surface area contributed by atoms with Gasteiger partial charge in [-0.3, -0.25) is 14.9 Å². The smallest absolute Gasteiger partial charge is 0.229 e. The number of methoxy groups -OCH3 is 1. The fourth-order valence-electron chi connectivity index (χ4n) is 2.12. The quantitative estimate of drug-likeness (QED) is 0.829. The second-order valence-electron chi connectivity index (χ2n) is 5.17. The van der Waals surface area contributed by atoms with Gasteiger partial charge in [0.25, 0.3) is 0 Å². The Morgan fingerprint density at radius 1 is 1.04 bits per heavy atom. The molecule has 0 unspecified atom stereocenters. The van der Waals surface area contributed by atoms with Gasteiger partial charge in [-0.05, 0) is 44.2 Å². The van der Waals surface area contributed by atoms with Gasteiger partial charge in [-0.15, -0.1) is 0 Å². The number of nitrogens with one attached hydrogen (secondary N) is 1. The Morgan fingerprint density at radius 2 is 1.65 bits per heavy atom. The number of rotatable bonds is 6. The number of hydrogen-bond acceptors (Lipinski definition) is 5. The lowest BCUT2D eigenvalue weighted by atomic mass is 10.1. The topological polar surface area (TPSA) is 81.2 Å². The van der Waals surface area contributed by atoms with E-state index in [0.29, 0.717) is 11.3 Å². The van der Waals surface area contributed by atoms with E-state index in [1.165, 1.54) is 0 Å². The molecule has 0 aliphatic rings. The molecule has 0 bridgehead atoms. The highest BCUT2D eigenvalue weighted by Crippen LogP contribution is 2.13. The van der Waals surface area contributed by atoms with Crippen LogP contribution in [0.2, 0.25) is 0 Å². The van der Waals surface area contributed by atoms with Crippen LogP contribution in [0.1, 0.15) is 34.6 Å². The monoisotopic (exact) mass is 313 g/mol. The molecule has 0 radical (unpaired) electrons. The molecule has 1 heterocycles. The van der Waals surface area contributed by atoms with E-state index in [2.05, 4.69) is 15.3 Å². The summed E-state index contributed by atoms with van der Waals surface area (Å²) in [6.07, 6.45) is 0.212. The van der Waals surface area contributed by atoms with Crippen molar-refractivity contribution in [3.63, 3.8) is 0 Å². The normalized spacial score (nSPS) is 10.2. The number of ketones is 1. The Morgan fingerprint density at radius 3 is 2.22 bits per heavy atom. The third-order valence-electron chi connectivity index (χ3n) is 3.22. The number of carbonyl (C=O) groups is 2. The minimum absolute atomic E-state index is 0.0845. The van der Waals surface area contributed by atoms with Crippen LogP contribution in [0, 0.1) is 13.8 Å². The van der Waals surface area contributed by atoms with E-state index in [0.717, 1.165) is 11.4 Å². The van der Waals surface area contributed by atoms with Crippen LogP contribution in [0.15, 0.2) is 30.3 Å². The van der Waals surface area contributed by atoms with Gasteiger partial charge in [0.1, 0.15) is 5.75 Å². The molecule has 1 amide bonds. The molecule has 2 rings (SSSR count). The minimum atomic E-state index is -0.281. The number of carbonyl (C=O) groups excluding carboxylic acids is 2. The van der Waals surface area contributed by atoms with Crippen molar-refractivity contribution in [2.75, 3.05) is 12.4 Å². The van der Waals surface area contributed by atoms with Gasteiger partial charge in [0.15, 0.2) is 5.78 Å². The fraction of sp³-hybridized carbons (Fsp3) is 0.294. The summed E-state index contributed by atoms with van der Waals surface area (Å²) < 4.78 is 5.04. The van der Waals surface area contributed by atoms with Crippen molar-refractivity contribution in [2.45, 2.75) is 26.7 Å². The van der Waals surface area contributed by atoms with E-state index in [1.807, 2.05) is 19.9 Å². The van der Waals surface area contributed by atoms with Gasteiger partial charge in [-0.25, -0.2) is 9.97 Å². The second-order valence-corrected chi connectivity index (χ2v) is 5.17. The molecule has 0 saturated carbocycles. The molecular formula is C17H19N3O3. The van der Waals surface area contributed by atoms with Crippen LogP contribution < -0.4 is 10.1 Å². The summed E-state index contributed by atoms with van der Waals surface area (Å²) in [4.78, 5) is 32.2. The number of anilines is 1. The molecule has 6 heteroatoms. The predicted octanol–water partition coefficient (Wildman–Crippen LogP) is 2.70. The maximum atomic E-state index is 12.1. The number of aromatic nitrogens is 2. The van der Waals surface area contributed by atoms with E-state index in [4.69, 9.17) is 4.74 Å². The molecular weight excluding hydrogens is 294 g/mol. The van der Waals surface area contributed by atoms with E-state index in [-0.39, 0.29) is 30.5 Å². The van der Waals surface area contributed by atoms with E-state index < -0.39 is 0 Å². The van der Waals surface area contributed by atoms with Crippen molar-refractivity contribution in [1.82, 2.24) is 9.97 Å². The first kappa shape index (κ1) is 16.6. The van der Waals surface area contributed by atoms with Crippen LogP contribution in [0.5, 0.6) is 5.75 Å². The first-order valence-corrected chi connectivity index (χ1v) is 7.27. The van der Waals surface area contributed by atoms with Crippen LogP contribution in [0.25, 0.3) is 0 Å². The highest BCUT2D eigenvalue weighted by molar-refractivity contribution is 5.99. The lowest BCUT2D eigenvalue weighted by molar-refractivity contribution is -0.116. The zero-order valence-electron chi connectivity index (χ0n) is 13.4. The molecule has 0 aliphatic heterocycles. The van der Waals surface area contributed by atoms with E-state index in [9.17, 15) is 9.59 Å². The van der Waals surface area contributed by atoms with Crippen LogP contribution >= 0.6 is 0 Å². The Kier molecular flexibility index (Phi) is 5.41. The van der Waals surface area contributed by atoms with Gasteiger partial charge >= 0.3 is 0 Å². The average Bonchev–Trinajstić information content (AvgIpc) is 2.51. The van der Waals surface area contributed by atoms with E-state index in [1.54, 1.807) is 31.4 Å². The number of Topliss-reactive ketones (excluding diaryl/α,β-unsaturated/α-hetero) is 1. The Labute approximate surface area is 134 Å². The maximum absolute atomic E-state index is 12.1. The molecule has 0 atom stereocenters. The summed E-state index contributed by atoms with van der Waals surface area (Å²) in [7, 11) is 1.57. The van der Waals surface area contributed by atoms with Crippen molar-refractivity contribution in [3.8, 4) is 5.75 Å². The summed E-state index contributed by atoms with van der Waals surface area (Å²) in [5.41, 5.74) is 2.12. The summed E-state index contributed by atoms with van der Waals surface area (Å²) in [5, 5.41) is 2.62. The third kappa shape index (κ3) is 4.88. The molecule has 23 heavy (non-hydrogen) atoms. The van der Waals surface area contributed by atoms with Crippen molar-refractivity contribution < 1.29 is 14.3 Å². The molecule has 1 N–H and O–H groups in total. The Hall–Kier alpha value is -2.76. The molecule has 0 aliphatic carbocycles. The van der Waals surface area contributed by atoms with Crippen LogP contribution in [-0.2, 0) is 4.79 Å². The van der Waals surface area contributed by atoms with Crippen LogP contribution in [-0.4, -0.2) is 28.8 Å². The molecule has 2 aromatic rings. The lowest BCUT2D eigenvalue weighted by Crippen LogP contribution is -2.16. The summed E-state index contributed by atoms with van der Waals surface area (Å²) in [6, 6.07) is 8.63. The Balaban J connectivity index is 1.89. The average molecular weight is 313 g/mol. The Bertz CT molecular complexity index is 691. The summed E-state index contributed by atoms with van der Waals surface area (Å²) in [6.45, 7) is 3.66. The summed E-state index contributed by atoms with van der Waals surface area (Å²) >= 11 is 0. The van der Waals surface area contributed by atoms with Gasteiger partial charge in [0, 0.05) is 29.8 Å². The first-order chi connectivity index (χ1) is 11.0. The van der Waals surface area contributed by atoms with Crippen LogP contribution in [0.4, 0.5) is 5.95 Å². The number of ether oxygens (including phenoxy) is 1. The predicted molar refractivity (Wildman–Crippen MR) is 86.7 cm³/mol. The minimum Gasteiger partial charge on any atom is -0.497 e. The number of nitrogens with zero attached hydrogens (tertiary/aromatic N) is 2. The zero-order valence-corrected chi connectivity index (χ0v) is 13.4. The summed E-state index contributed by atoms with van der Waals surface area (Å²) in [5.74, 6) is 0.580. The van der Waals surface area contributed by atoms with Crippen molar-refractivity contribution in [3.05, 3.63) is 47.3 Å². The number of amides is 1. The van der Waals surface area contributed by atoms with Crippen LogP contribution in [0.3, 0.4) is 0 Å². The van der Waals surface area contributed by atoms with Gasteiger partial charge in [-0.1, -0.05) is 0 Å². The van der Waals surface area contributed by atoms with Gasteiger partial charge in [0.2, 0.25) is 11.9 Å². The number of hydrogen-bond donors (Lipinski definition) is 1. The SMILES string of the molecule is COc1ccc(C(=O)CCC(=O)Nc2nc(C)cc(C)n2)cc1. The lowest BCUT2D eigenvalue weighted by Gasteiger charge is -2.06. The molecule has 0 fully saturated rings. The van der Waals surface area contributed by atoms with Gasteiger partial charge < -0.3 is 4.74 Å². The molecule has 120 valence electrons. The number of benzene rings is 1. The standard InChI is InChI=1S/C17H19N3O3/c1-11-10-12(2)19-17(18-11)20-16(22)9-8-15(21)13-4-6-14(23-3)7-5-13/h4-7,10H,8-9H2,1-3H3,(H,18,19,20,22). The first-order valence-electron chi connectivity index (χ1n) is 7.27. The largest absolute Gasteiger partial charge is 0.497 e.